The van der Waals surface area contributed by atoms with Crippen LogP contribution in [0, 0.1) is 0 Å². The third-order valence-corrected chi connectivity index (χ3v) is 3.05. The van der Waals surface area contributed by atoms with Crippen molar-refractivity contribution in [2.45, 2.75) is 24.8 Å². The van der Waals surface area contributed by atoms with Gasteiger partial charge in [-0.1, -0.05) is 17.7 Å². The maximum atomic E-state index is 9.63. The van der Waals surface area contributed by atoms with Crippen molar-refractivity contribution in [3.05, 3.63) is 28.8 Å². The van der Waals surface area contributed by atoms with Crippen LogP contribution in [-0.4, -0.2) is 5.11 Å². The van der Waals surface area contributed by atoms with Crippen molar-refractivity contribution in [3.8, 4) is 5.75 Å². The van der Waals surface area contributed by atoms with Crippen LogP contribution in [0.1, 0.15) is 24.8 Å². The van der Waals surface area contributed by atoms with Crippen LogP contribution >= 0.6 is 11.6 Å². The summed E-state index contributed by atoms with van der Waals surface area (Å²) in [7, 11) is 0. The van der Waals surface area contributed by atoms with Crippen molar-refractivity contribution >= 4 is 11.6 Å². The number of hydrogen-bond donors (Lipinski definition) is 2. The molecule has 0 spiro atoms. The van der Waals surface area contributed by atoms with Gasteiger partial charge < -0.3 is 10.8 Å². The van der Waals surface area contributed by atoms with Gasteiger partial charge in [-0.15, -0.1) is 0 Å². The Morgan fingerprint density at radius 1 is 1.38 bits per heavy atom. The first-order chi connectivity index (χ1) is 6.13. The monoisotopic (exact) mass is 197 g/mol. The van der Waals surface area contributed by atoms with E-state index in [9.17, 15) is 5.11 Å². The molecular formula is C10H12ClNO. The zero-order valence-electron chi connectivity index (χ0n) is 7.26. The van der Waals surface area contributed by atoms with E-state index in [4.69, 9.17) is 17.3 Å². The summed E-state index contributed by atoms with van der Waals surface area (Å²) < 4.78 is 0. The van der Waals surface area contributed by atoms with Crippen LogP contribution in [0.15, 0.2) is 18.2 Å². The van der Waals surface area contributed by atoms with E-state index >= 15 is 0 Å². The largest absolute Gasteiger partial charge is 0.508 e. The Balaban J connectivity index is 2.49. The quantitative estimate of drug-likeness (QED) is 0.726. The lowest BCUT2D eigenvalue weighted by Gasteiger charge is -2.39. The summed E-state index contributed by atoms with van der Waals surface area (Å²) in [6.45, 7) is 0. The molecule has 0 bridgehead atoms. The predicted octanol–water partition coefficient (Wildman–Crippen LogP) is 2.38. The minimum absolute atomic E-state index is 0.217. The van der Waals surface area contributed by atoms with Gasteiger partial charge in [0, 0.05) is 16.1 Å². The first kappa shape index (κ1) is 8.85. The van der Waals surface area contributed by atoms with Gasteiger partial charge in [-0.3, -0.25) is 0 Å². The fourth-order valence-corrected chi connectivity index (χ4v) is 2.17. The van der Waals surface area contributed by atoms with Gasteiger partial charge in [0.15, 0.2) is 0 Å². The molecule has 1 aliphatic carbocycles. The van der Waals surface area contributed by atoms with E-state index in [2.05, 4.69) is 0 Å². The minimum Gasteiger partial charge on any atom is -0.508 e. The number of halogens is 1. The molecule has 0 saturated heterocycles. The van der Waals surface area contributed by atoms with Gasteiger partial charge in [0.2, 0.25) is 0 Å². The third kappa shape index (κ3) is 1.30. The molecular weight excluding hydrogens is 186 g/mol. The average molecular weight is 198 g/mol. The summed E-state index contributed by atoms with van der Waals surface area (Å²) in [6.07, 6.45) is 2.93. The van der Waals surface area contributed by atoms with Crippen molar-refractivity contribution in [1.29, 1.82) is 0 Å². The Bertz CT molecular complexity index is 313. The van der Waals surface area contributed by atoms with Crippen molar-refractivity contribution in [1.82, 2.24) is 0 Å². The number of nitrogens with two attached hydrogens (primary N) is 1. The van der Waals surface area contributed by atoms with Crippen LogP contribution in [0.25, 0.3) is 0 Å². The lowest BCUT2D eigenvalue weighted by atomic mass is 9.72. The Kier molecular flexibility index (Phi) is 1.97. The summed E-state index contributed by atoms with van der Waals surface area (Å²) in [5.41, 5.74) is 6.41. The van der Waals surface area contributed by atoms with Crippen LogP contribution < -0.4 is 5.73 Å². The summed E-state index contributed by atoms with van der Waals surface area (Å²) in [4.78, 5) is 0. The molecule has 1 aromatic rings. The van der Waals surface area contributed by atoms with E-state index in [0.717, 1.165) is 19.3 Å². The second-order valence-corrected chi connectivity index (χ2v) is 4.05. The zero-order chi connectivity index (χ0) is 9.47. The average Bonchev–Trinajstić information content (AvgIpc) is 2.01. The summed E-state index contributed by atoms with van der Waals surface area (Å²) >= 11 is 5.99. The lowest BCUT2D eigenvalue weighted by Crippen LogP contribution is -2.43. The van der Waals surface area contributed by atoms with Gasteiger partial charge in [0.05, 0.1) is 0 Å². The van der Waals surface area contributed by atoms with E-state index in [1.807, 2.05) is 0 Å². The molecule has 1 saturated carbocycles. The highest BCUT2D eigenvalue weighted by Crippen LogP contribution is 2.45. The highest BCUT2D eigenvalue weighted by Gasteiger charge is 2.37. The van der Waals surface area contributed by atoms with Gasteiger partial charge >= 0.3 is 0 Å². The van der Waals surface area contributed by atoms with Gasteiger partial charge in [-0.2, -0.15) is 0 Å². The highest BCUT2D eigenvalue weighted by molar-refractivity contribution is 6.31. The summed E-state index contributed by atoms with van der Waals surface area (Å²) in [5, 5.41) is 10.2. The highest BCUT2D eigenvalue weighted by atomic mass is 35.5. The number of phenols is 1. The molecule has 0 amide bonds. The van der Waals surface area contributed by atoms with Crippen LogP contribution in [0.3, 0.4) is 0 Å². The van der Waals surface area contributed by atoms with E-state index in [1.165, 1.54) is 0 Å². The Morgan fingerprint density at radius 3 is 2.54 bits per heavy atom. The van der Waals surface area contributed by atoms with E-state index in [-0.39, 0.29) is 11.3 Å². The molecule has 1 aromatic carbocycles. The molecule has 0 unspecified atom stereocenters. The fourth-order valence-electron chi connectivity index (χ4n) is 1.81. The molecule has 2 nitrogen and oxygen atoms in total. The molecule has 1 fully saturated rings. The summed E-state index contributed by atoms with van der Waals surface area (Å²) in [6, 6.07) is 5.13. The van der Waals surface area contributed by atoms with Gasteiger partial charge in [-0.25, -0.2) is 0 Å². The van der Waals surface area contributed by atoms with Gasteiger partial charge in [-0.05, 0) is 31.4 Å². The molecule has 0 aliphatic heterocycles. The maximum Gasteiger partial charge on any atom is 0.122 e. The molecule has 3 N–H and O–H groups in total. The van der Waals surface area contributed by atoms with Crippen LogP contribution in [0.5, 0.6) is 5.75 Å². The fraction of sp³-hybridized carbons (Fsp3) is 0.400. The van der Waals surface area contributed by atoms with E-state index < -0.39 is 0 Å². The molecule has 2 rings (SSSR count). The van der Waals surface area contributed by atoms with Crippen LogP contribution in [-0.2, 0) is 5.54 Å². The lowest BCUT2D eigenvalue weighted by molar-refractivity contribution is 0.245. The van der Waals surface area contributed by atoms with Crippen molar-refractivity contribution in [2.75, 3.05) is 0 Å². The molecule has 0 aromatic heterocycles. The number of aromatic hydroxyl groups is 1. The van der Waals surface area contributed by atoms with Crippen LogP contribution in [0.4, 0.5) is 0 Å². The van der Waals surface area contributed by atoms with Gasteiger partial charge in [0.1, 0.15) is 5.75 Å². The normalized spacial score (nSPS) is 19.5. The van der Waals surface area contributed by atoms with E-state index in [0.29, 0.717) is 10.6 Å². The first-order valence-electron chi connectivity index (χ1n) is 4.40. The number of hydrogen-bond acceptors (Lipinski definition) is 2. The molecule has 0 atom stereocenters. The zero-order valence-corrected chi connectivity index (χ0v) is 8.01. The topological polar surface area (TPSA) is 46.2 Å². The van der Waals surface area contributed by atoms with Crippen molar-refractivity contribution < 1.29 is 5.11 Å². The van der Waals surface area contributed by atoms with Gasteiger partial charge in [0.25, 0.3) is 0 Å². The standard InChI is InChI=1S/C10H12ClNO/c11-7-3-1-4-8(13)9(7)10(12)5-2-6-10/h1,3-4,13H,2,5-6,12H2. The Labute approximate surface area is 82.3 Å². The number of phenolic OH excluding ortho intramolecular Hbond substituents is 1. The SMILES string of the molecule is NC1(c2c(O)cccc2Cl)CCC1. The number of rotatable bonds is 1. The molecule has 0 radical (unpaired) electrons. The molecule has 13 heavy (non-hydrogen) atoms. The second kappa shape index (κ2) is 2.89. The van der Waals surface area contributed by atoms with E-state index in [1.54, 1.807) is 18.2 Å². The second-order valence-electron chi connectivity index (χ2n) is 3.64. The van der Waals surface area contributed by atoms with Crippen molar-refractivity contribution in [3.63, 3.8) is 0 Å². The Hall–Kier alpha value is -0.730. The molecule has 1 aliphatic rings. The first-order valence-corrected chi connectivity index (χ1v) is 4.78. The van der Waals surface area contributed by atoms with Crippen LogP contribution in [0.2, 0.25) is 5.02 Å². The molecule has 3 heteroatoms. The smallest absolute Gasteiger partial charge is 0.122 e. The third-order valence-electron chi connectivity index (χ3n) is 2.74. The number of benzene rings is 1. The minimum atomic E-state index is -0.386. The molecule has 0 heterocycles. The summed E-state index contributed by atoms with van der Waals surface area (Å²) in [5.74, 6) is 0.217. The maximum absolute atomic E-state index is 9.63. The molecule has 70 valence electrons. The van der Waals surface area contributed by atoms with Crippen molar-refractivity contribution in [2.24, 2.45) is 5.73 Å². The Morgan fingerprint density at radius 2 is 2.08 bits per heavy atom. The predicted molar refractivity (Wildman–Crippen MR) is 52.8 cm³/mol.